The molecule has 11 heteroatoms. The maximum Gasteiger partial charge on any atom is 0.315 e. The molecule has 8 rings (SSSR count). The lowest BCUT2D eigenvalue weighted by atomic mass is 9.53. The maximum absolute atomic E-state index is 14.5. The molecular formula is C33H46Cl2N4O5. The topological polar surface area (TPSA) is 139 Å². The van der Waals surface area contributed by atoms with Gasteiger partial charge in [0, 0.05) is 36.3 Å². The van der Waals surface area contributed by atoms with Crippen molar-refractivity contribution >= 4 is 52.6 Å². The van der Waals surface area contributed by atoms with Gasteiger partial charge >= 0.3 is 6.03 Å². The molecule has 4 bridgehead atoms. The van der Waals surface area contributed by atoms with Gasteiger partial charge in [-0.25, -0.2) is 4.79 Å². The molecule has 8 fully saturated rings. The summed E-state index contributed by atoms with van der Waals surface area (Å²) in [6, 6.07) is -1.95. The predicted octanol–water partition coefficient (Wildman–Crippen LogP) is 4.26. The molecule has 44 heavy (non-hydrogen) atoms. The van der Waals surface area contributed by atoms with Gasteiger partial charge in [0.25, 0.3) is 5.91 Å². The molecule has 0 aromatic heterocycles. The number of likely N-dealkylation sites (tertiary alicyclic amines) is 1. The summed E-state index contributed by atoms with van der Waals surface area (Å²) in [7, 11) is 0. The Balaban J connectivity index is 1.09. The zero-order valence-corrected chi connectivity index (χ0v) is 26.9. The van der Waals surface area contributed by atoms with Crippen molar-refractivity contribution in [2.24, 2.45) is 53.1 Å². The average molecular weight is 650 g/mol. The van der Waals surface area contributed by atoms with Crippen LogP contribution in [0.2, 0.25) is 0 Å². The summed E-state index contributed by atoms with van der Waals surface area (Å²) in [6.45, 7) is 0.228. The SMILES string of the molecule is NC(=O)C(=O)C(CC(=O)[C@@H]1[C@@H]2[C@H](CN1C(=O)[C@@H](NC(=O)NC13CC4CC(CC(C4)C1)C3)C1CCCCC1)C2(Cl)Cl)CC1CC1. The third-order valence-corrected chi connectivity index (χ3v) is 13.5. The summed E-state index contributed by atoms with van der Waals surface area (Å²) >= 11 is 13.2. The average Bonchev–Trinajstić information content (AvgIpc) is 3.81. The second kappa shape index (κ2) is 11.4. The van der Waals surface area contributed by atoms with Gasteiger partial charge in [0.1, 0.15) is 10.4 Å². The van der Waals surface area contributed by atoms with Crippen LogP contribution in [-0.4, -0.2) is 62.8 Å². The number of fused-ring (bicyclic) bond motifs is 1. The minimum absolute atomic E-state index is 0.0261. The van der Waals surface area contributed by atoms with Gasteiger partial charge in [-0.05, 0) is 87.4 Å². The number of piperidine rings is 1. The second-order valence-electron chi connectivity index (χ2n) is 15.7. The number of carbonyl (C=O) groups is 5. The molecule has 242 valence electrons. The molecule has 1 unspecified atom stereocenters. The van der Waals surface area contributed by atoms with Crippen molar-refractivity contribution in [3.8, 4) is 0 Å². The van der Waals surface area contributed by atoms with Crippen molar-refractivity contribution in [1.82, 2.24) is 15.5 Å². The normalized spacial score (nSPS) is 38.0. The van der Waals surface area contributed by atoms with E-state index in [-0.39, 0.29) is 48.1 Å². The van der Waals surface area contributed by atoms with Crippen LogP contribution in [0, 0.1) is 47.3 Å². The van der Waals surface area contributed by atoms with E-state index in [2.05, 4.69) is 10.6 Å². The minimum atomic E-state index is -1.12. The molecule has 9 nitrogen and oxygen atoms in total. The molecule has 1 heterocycles. The van der Waals surface area contributed by atoms with Crippen LogP contribution < -0.4 is 16.4 Å². The molecular weight excluding hydrogens is 603 g/mol. The van der Waals surface area contributed by atoms with Crippen molar-refractivity contribution in [2.45, 2.75) is 118 Å². The van der Waals surface area contributed by atoms with Crippen LogP contribution in [0.5, 0.6) is 0 Å². The number of ketones is 2. The number of nitrogens with two attached hydrogens (primary N) is 1. The van der Waals surface area contributed by atoms with Crippen LogP contribution in [-0.2, 0) is 19.2 Å². The molecule has 1 saturated heterocycles. The lowest BCUT2D eigenvalue weighted by molar-refractivity contribution is -0.143. The van der Waals surface area contributed by atoms with Crippen LogP contribution in [0.3, 0.4) is 0 Å². The first kappa shape index (κ1) is 30.8. The summed E-state index contributed by atoms with van der Waals surface area (Å²) < 4.78 is -1.12. The number of carbonyl (C=O) groups excluding carboxylic acids is 5. The highest BCUT2D eigenvalue weighted by molar-refractivity contribution is 6.51. The molecule has 5 atom stereocenters. The molecule has 0 spiro atoms. The van der Waals surface area contributed by atoms with E-state index >= 15 is 0 Å². The fraction of sp³-hybridized carbons (Fsp3) is 0.848. The molecule has 7 aliphatic carbocycles. The Morgan fingerprint density at radius 3 is 2.07 bits per heavy atom. The molecule has 4 amide bonds. The number of nitrogens with zero attached hydrogens (tertiary/aromatic N) is 1. The van der Waals surface area contributed by atoms with Crippen LogP contribution >= 0.6 is 23.2 Å². The molecule has 7 saturated carbocycles. The highest BCUT2D eigenvalue weighted by atomic mass is 35.5. The lowest BCUT2D eigenvalue weighted by Gasteiger charge is -2.56. The van der Waals surface area contributed by atoms with E-state index in [4.69, 9.17) is 28.9 Å². The molecule has 8 aliphatic rings. The predicted molar refractivity (Wildman–Crippen MR) is 165 cm³/mol. The van der Waals surface area contributed by atoms with Gasteiger partial charge in [0.2, 0.25) is 11.7 Å². The van der Waals surface area contributed by atoms with Crippen molar-refractivity contribution < 1.29 is 24.0 Å². The smallest absolute Gasteiger partial charge is 0.315 e. The Morgan fingerprint density at radius 2 is 1.50 bits per heavy atom. The molecule has 1 aliphatic heterocycles. The Labute approximate surface area is 269 Å². The van der Waals surface area contributed by atoms with Crippen molar-refractivity contribution in [2.75, 3.05) is 6.54 Å². The number of rotatable bonds is 11. The van der Waals surface area contributed by atoms with Gasteiger partial charge in [-0.3, -0.25) is 19.2 Å². The third-order valence-electron chi connectivity index (χ3n) is 12.4. The van der Waals surface area contributed by atoms with E-state index in [0.29, 0.717) is 30.1 Å². The number of urea groups is 1. The van der Waals surface area contributed by atoms with Gasteiger partial charge in [-0.2, -0.15) is 0 Å². The number of hydrogen-bond donors (Lipinski definition) is 3. The lowest BCUT2D eigenvalue weighted by Crippen LogP contribution is -2.64. The van der Waals surface area contributed by atoms with E-state index in [9.17, 15) is 24.0 Å². The largest absolute Gasteiger partial charge is 0.363 e. The van der Waals surface area contributed by atoms with Crippen molar-refractivity contribution in [3.63, 3.8) is 0 Å². The standard InChI is InChI=1S/C33H46Cl2N4O5/c34-33(35)23-16-39(27(25(23)33)24(40)12-22(11-17-6-7-17)28(41)29(36)42)30(43)26(21-4-2-1-3-5-21)37-31(44)38-32-13-18-8-19(14-32)10-20(9-18)15-32/h17-23,25-27H,1-16H2,(H2,36,42)(H2,37,38,44)/t18?,19?,20?,22?,23-,25-,26-,27+,32?/m0/s1. The van der Waals surface area contributed by atoms with Crippen molar-refractivity contribution in [1.29, 1.82) is 0 Å². The Bertz CT molecular complexity index is 1200. The first-order chi connectivity index (χ1) is 20.9. The highest BCUT2D eigenvalue weighted by Gasteiger charge is 2.73. The summed E-state index contributed by atoms with van der Waals surface area (Å²) in [5.41, 5.74) is 5.15. The van der Waals surface area contributed by atoms with E-state index < -0.39 is 39.9 Å². The van der Waals surface area contributed by atoms with Crippen LogP contribution in [0.15, 0.2) is 0 Å². The number of nitrogens with one attached hydrogen (secondary N) is 2. The number of Topliss-reactive ketones (excluding diaryl/α,β-unsaturated/α-hetero) is 2. The summed E-state index contributed by atoms with van der Waals surface area (Å²) in [6.07, 6.45) is 13.8. The summed E-state index contributed by atoms with van der Waals surface area (Å²) in [5, 5.41) is 6.49. The number of primary amides is 1. The fourth-order valence-electron chi connectivity index (χ4n) is 10.5. The summed E-state index contributed by atoms with van der Waals surface area (Å²) in [5.74, 6) is -1.55. The number of halogens is 2. The molecule has 0 radical (unpaired) electrons. The number of alkyl halides is 2. The first-order valence-electron chi connectivity index (χ1n) is 17.1. The Kier molecular flexibility index (Phi) is 7.99. The molecule has 0 aromatic carbocycles. The Hall–Kier alpha value is -1.87. The van der Waals surface area contributed by atoms with Gasteiger partial charge in [-0.15, -0.1) is 23.2 Å². The quantitative estimate of drug-likeness (QED) is 0.227. The van der Waals surface area contributed by atoms with Crippen LogP contribution in [0.1, 0.15) is 96.3 Å². The fourth-order valence-corrected chi connectivity index (χ4v) is 11.3. The van der Waals surface area contributed by atoms with Gasteiger partial charge in [-0.1, -0.05) is 32.1 Å². The monoisotopic (exact) mass is 648 g/mol. The highest BCUT2D eigenvalue weighted by Crippen LogP contribution is 2.66. The molecule has 4 N–H and O–H groups in total. The minimum Gasteiger partial charge on any atom is -0.363 e. The van der Waals surface area contributed by atoms with Crippen LogP contribution in [0.25, 0.3) is 0 Å². The van der Waals surface area contributed by atoms with Crippen molar-refractivity contribution in [3.05, 3.63) is 0 Å². The van der Waals surface area contributed by atoms with Gasteiger partial charge < -0.3 is 21.3 Å². The second-order valence-corrected chi connectivity index (χ2v) is 17.1. The summed E-state index contributed by atoms with van der Waals surface area (Å²) in [4.78, 5) is 68.2. The third kappa shape index (κ3) is 5.78. The maximum atomic E-state index is 14.5. The van der Waals surface area contributed by atoms with E-state index in [1.165, 1.54) is 19.3 Å². The number of amides is 4. The van der Waals surface area contributed by atoms with Gasteiger partial charge in [0.15, 0.2) is 5.78 Å². The molecule has 0 aromatic rings. The van der Waals surface area contributed by atoms with E-state index in [1.807, 2.05) is 0 Å². The number of hydrogen-bond acceptors (Lipinski definition) is 5. The zero-order valence-electron chi connectivity index (χ0n) is 25.4. The van der Waals surface area contributed by atoms with Crippen LogP contribution in [0.4, 0.5) is 4.79 Å². The van der Waals surface area contributed by atoms with E-state index in [0.717, 1.165) is 64.2 Å². The van der Waals surface area contributed by atoms with E-state index in [1.54, 1.807) is 4.90 Å². The Morgan fingerprint density at radius 1 is 0.886 bits per heavy atom. The first-order valence-corrected chi connectivity index (χ1v) is 17.8. The zero-order chi connectivity index (χ0) is 31.0. The van der Waals surface area contributed by atoms with Gasteiger partial charge in [0.05, 0.1) is 6.04 Å².